The van der Waals surface area contributed by atoms with Crippen LogP contribution in [0.2, 0.25) is 0 Å². The highest BCUT2D eigenvalue weighted by molar-refractivity contribution is 5.97. The van der Waals surface area contributed by atoms with Crippen molar-refractivity contribution in [2.75, 3.05) is 11.4 Å². The van der Waals surface area contributed by atoms with Crippen LogP contribution in [0.4, 0.5) is 5.69 Å². The Morgan fingerprint density at radius 3 is 2.79 bits per heavy atom. The molecule has 1 saturated heterocycles. The van der Waals surface area contributed by atoms with Crippen LogP contribution in [0.1, 0.15) is 12.8 Å². The molecular weight excluding hydrogens is 246 g/mol. The number of aromatic hydroxyl groups is 2. The minimum absolute atomic E-state index is 0.218. The normalized spacial score (nSPS) is 15.4. The molecule has 1 aromatic carbocycles. The van der Waals surface area contributed by atoms with Crippen LogP contribution >= 0.6 is 0 Å². The minimum Gasteiger partial charge on any atom is -0.504 e. The first kappa shape index (κ1) is 11.6. The molecule has 3 rings (SSSR count). The van der Waals surface area contributed by atoms with E-state index in [4.69, 9.17) is 4.42 Å². The fourth-order valence-corrected chi connectivity index (χ4v) is 2.45. The summed E-state index contributed by atoms with van der Waals surface area (Å²) in [4.78, 5) is 13.1. The first-order valence-corrected chi connectivity index (χ1v) is 6.02. The van der Waals surface area contributed by atoms with Gasteiger partial charge in [-0.3, -0.25) is 0 Å². The number of benzene rings is 1. The Hall–Kier alpha value is -2.43. The highest BCUT2D eigenvalue weighted by atomic mass is 16.4. The summed E-state index contributed by atoms with van der Waals surface area (Å²) in [5, 5.41) is 20.4. The van der Waals surface area contributed by atoms with Gasteiger partial charge in [0.1, 0.15) is 5.58 Å². The lowest BCUT2D eigenvalue weighted by molar-refractivity contribution is 0.404. The Bertz CT molecular complexity index is 732. The largest absolute Gasteiger partial charge is 0.504 e. The second-order valence-electron chi connectivity index (χ2n) is 4.58. The Kier molecular flexibility index (Phi) is 2.48. The summed E-state index contributed by atoms with van der Waals surface area (Å²) in [6.45, 7) is 4.66. The van der Waals surface area contributed by atoms with Gasteiger partial charge in [0.05, 0.1) is 5.69 Å². The van der Waals surface area contributed by atoms with Crippen LogP contribution in [0.15, 0.2) is 39.7 Å². The fraction of sp³-hybridized carbons (Fsp3) is 0.214. The molecule has 1 fully saturated rings. The standard InChI is InChI=1S/C14H13NO4/c1-8-3-2-6-15(8)13-9-4-5-12(17)19-11(9)7-10(16)14(13)18/h4-5,7,16,18H,1-3,6H2. The van der Waals surface area contributed by atoms with Gasteiger partial charge in [-0.1, -0.05) is 6.58 Å². The van der Waals surface area contributed by atoms with E-state index in [1.54, 1.807) is 6.07 Å². The van der Waals surface area contributed by atoms with Gasteiger partial charge in [-0.25, -0.2) is 4.79 Å². The van der Waals surface area contributed by atoms with Crippen LogP contribution in [0.25, 0.3) is 11.0 Å². The lowest BCUT2D eigenvalue weighted by Gasteiger charge is -2.22. The molecule has 0 atom stereocenters. The maximum absolute atomic E-state index is 11.2. The molecule has 0 radical (unpaired) electrons. The zero-order valence-corrected chi connectivity index (χ0v) is 10.2. The number of phenols is 2. The number of fused-ring (bicyclic) bond motifs is 1. The Morgan fingerprint density at radius 1 is 1.32 bits per heavy atom. The minimum atomic E-state index is -0.496. The molecule has 2 aromatic rings. The second-order valence-corrected chi connectivity index (χ2v) is 4.58. The number of hydrogen-bond donors (Lipinski definition) is 2. The third-order valence-corrected chi connectivity index (χ3v) is 3.35. The zero-order valence-electron chi connectivity index (χ0n) is 10.2. The van der Waals surface area contributed by atoms with Gasteiger partial charge < -0.3 is 19.5 Å². The van der Waals surface area contributed by atoms with Crippen LogP contribution in [0.5, 0.6) is 11.5 Å². The zero-order chi connectivity index (χ0) is 13.6. The predicted octanol–water partition coefficient (Wildman–Crippen LogP) is 2.32. The van der Waals surface area contributed by atoms with Gasteiger partial charge in [-0.15, -0.1) is 0 Å². The number of phenolic OH excluding ortho intramolecular Hbond substituents is 2. The number of anilines is 1. The molecule has 19 heavy (non-hydrogen) atoms. The van der Waals surface area contributed by atoms with E-state index >= 15 is 0 Å². The van der Waals surface area contributed by atoms with Gasteiger partial charge in [0.2, 0.25) is 0 Å². The average molecular weight is 259 g/mol. The molecule has 0 unspecified atom stereocenters. The van der Waals surface area contributed by atoms with Crippen molar-refractivity contribution in [1.82, 2.24) is 0 Å². The summed E-state index contributed by atoms with van der Waals surface area (Å²) >= 11 is 0. The van der Waals surface area contributed by atoms with E-state index in [9.17, 15) is 15.0 Å². The molecule has 1 aliphatic heterocycles. The molecule has 0 spiro atoms. The van der Waals surface area contributed by atoms with E-state index in [1.807, 2.05) is 4.90 Å². The number of rotatable bonds is 1. The fourth-order valence-electron chi connectivity index (χ4n) is 2.45. The van der Waals surface area contributed by atoms with E-state index in [-0.39, 0.29) is 17.1 Å². The van der Waals surface area contributed by atoms with Gasteiger partial charge in [0.15, 0.2) is 11.5 Å². The molecule has 2 N–H and O–H groups in total. The van der Waals surface area contributed by atoms with E-state index in [1.165, 1.54) is 12.1 Å². The smallest absolute Gasteiger partial charge is 0.336 e. The number of hydrogen-bond acceptors (Lipinski definition) is 5. The van der Waals surface area contributed by atoms with Crippen LogP contribution < -0.4 is 10.5 Å². The molecule has 0 saturated carbocycles. The van der Waals surface area contributed by atoms with Crippen molar-refractivity contribution in [3.8, 4) is 11.5 Å². The van der Waals surface area contributed by atoms with Crippen LogP contribution in [-0.4, -0.2) is 16.8 Å². The third-order valence-electron chi connectivity index (χ3n) is 3.35. The van der Waals surface area contributed by atoms with Gasteiger partial charge >= 0.3 is 5.63 Å². The van der Waals surface area contributed by atoms with Crippen LogP contribution in [-0.2, 0) is 0 Å². The molecular formula is C14H13NO4. The SMILES string of the molecule is C=C1CCCN1c1c(O)c(O)cc2oc(=O)ccc12. The number of nitrogens with zero attached hydrogens (tertiary/aromatic N) is 1. The summed E-state index contributed by atoms with van der Waals surface area (Å²) in [5.74, 6) is -0.527. The first-order valence-electron chi connectivity index (χ1n) is 6.02. The van der Waals surface area contributed by atoms with Crippen LogP contribution in [0.3, 0.4) is 0 Å². The Labute approximate surface area is 109 Å². The van der Waals surface area contributed by atoms with Gasteiger partial charge in [0.25, 0.3) is 0 Å². The second kappa shape index (κ2) is 4.05. The lowest BCUT2D eigenvalue weighted by Crippen LogP contribution is -2.16. The topological polar surface area (TPSA) is 73.9 Å². The highest BCUT2D eigenvalue weighted by Gasteiger charge is 2.24. The van der Waals surface area contributed by atoms with E-state index in [2.05, 4.69) is 6.58 Å². The summed E-state index contributed by atoms with van der Waals surface area (Å²) in [7, 11) is 0. The summed E-state index contributed by atoms with van der Waals surface area (Å²) in [5.41, 5.74) is 1.07. The van der Waals surface area contributed by atoms with Crippen molar-refractivity contribution in [3.63, 3.8) is 0 Å². The Balaban J connectivity index is 2.35. The van der Waals surface area contributed by atoms with E-state index < -0.39 is 5.63 Å². The number of allylic oxidation sites excluding steroid dienone is 1. The van der Waals surface area contributed by atoms with Gasteiger partial charge in [-0.05, 0) is 18.9 Å². The van der Waals surface area contributed by atoms with Crippen molar-refractivity contribution >= 4 is 16.7 Å². The first-order chi connectivity index (χ1) is 9.08. The Morgan fingerprint density at radius 2 is 2.11 bits per heavy atom. The maximum Gasteiger partial charge on any atom is 0.336 e. The molecule has 98 valence electrons. The van der Waals surface area contributed by atoms with Crippen molar-refractivity contribution in [1.29, 1.82) is 0 Å². The van der Waals surface area contributed by atoms with Crippen molar-refractivity contribution in [2.24, 2.45) is 0 Å². The molecule has 2 heterocycles. The predicted molar refractivity (Wildman–Crippen MR) is 71.5 cm³/mol. The lowest BCUT2D eigenvalue weighted by atomic mass is 10.1. The maximum atomic E-state index is 11.2. The van der Waals surface area contributed by atoms with Gasteiger partial charge in [-0.2, -0.15) is 0 Å². The summed E-state index contributed by atoms with van der Waals surface area (Å²) in [6.07, 6.45) is 1.78. The summed E-state index contributed by atoms with van der Waals surface area (Å²) < 4.78 is 5.05. The third kappa shape index (κ3) is 1.74. The van der Waals surface area contributed by atoms with E-state index in [0.717, 1.165) is 18.5 Å². The monoisotopic (exact) mass is 259 g/mol. The van der Waals surface area contributed by atoms with Crippen molar-refractivity contribution < 1.29 is 14.6 Å². The molecule has 0 amide bonds. The average Bonchev–Trinajstić information content (AvgIpc) is 2.77. The quantitative estimate of drug-likeness (QED) is 0.607. The molecule has 1 aliphatic rings. The summed E-state index contributed by atoms with van der Waals surface area (Å²) in [6, 6.07) is 4.12. The van der Waals surface area contributed by atoms with E-state index in [0.29, 0.717) is 17.6 Å². The van der Waals surface area contributed by atoms with Crippen molar-refractivity contribution in [3.05, 3.63) is 40.9 Å². The van der Waals surface area contributed by atoms with Crippen molar-refractivity contribution in [2.45, 2.75) is 12.8 Å². The molecule has 0 bridgehead atoms. The molecule has 0 aliphatic carbocycles. The molecule has 1 aromatic heterocycles. The molecule has 5 nitrogen and oxygen atoms in total. The molecule has 5 heteroatoms. The van der Waals surface area contributed by atoms with Gasteiger partial charge in [0, 0.05) is 29.8 Å². The van der Waals surface area contributed by atoms with Crippen LogP contribution in [0, 0.1) is 0 Å². The highest BCUT2D eigenvalue weighted by Crippen LogP contribution is 2.44.